The molecule has 1 aliphatic heterocycles. The summed E-state index contributed by atoms with van der Waals surface area (Å²) in [6.07, 6.45) is 3.36. The van der Waals surface area contributed by atoms with Gasteiger partial charge in [0.15, 0.2) is 0 Å². The van der Waals surface area contributed by atoms with E-state index in [1.165, 1.54) is 11.0 Å². The van der Waals surface area contributed by atoms with Gasteiger partial charge in [-0.05, 0) is 43.7 Å². The second kappa shape index (κ2) is 6.56. The van der Waals surface area contributed by atoms with E-state index in [2.05, 4.69) is 33.2 Å². The predicted octanol–water partition coefficient (Wildman–Crippen LogP) is 3.12. The molecule has 0 spiro atoms. The molecule has 0 bridgehead atoms. The van der Waals surface area contributed by atoms with Gasteiger partial charge in [0.1, 0.15) is 0 Å². The number of halogens is 1. The van der Waals surface area contributed by atoms with Gasteiger partial charge in [-0.1, -0.05) is 23.3 Å². The summed E-state index contributed by atoms with van der Waals surface area (Å²) in [7, 11) is 1.45. The van der Waals surface area contributed by atoms with Crippen LogP contribution in [0.4, 0.5) is 0 Å². The van der Waals surface area contributed by atoms with Crippen LogP contribution in [0.3, 0.4) is 0 Å². The number of aryl methyl sites for hydroxylation is 1. The fraction of sp³-hybridized carbons (Fsp3) is 0.538. The number of nitrogens with one attached hydrogen (secondary N) is 1. The molecule has 0 aromatic carbocycles. The van der Waals surface area contributed by atoms with Gasteiger partial charge in [0.05, 0.1) is 16.3 Å². The van der Waals surface area contributed by atoms with Gasteiger partial charge in [-0.3, -0.25) is 9.78 Å². The summed E-state index contributed by atoms with van der Waals surface area (Å²) < 4.78 is 2.18. The number of hydrogen-bond donors (Lipinski definition) is 2. The maximum Gasteiger partial charge on any atom is 0.253 e. The molecule has 1 N–H and O–H groups in total. The molecule has 1 fully saturated rings. The van der Waals surface area contributed by atoms with Gasteiger partial charge in [0.2, 0.25) is 0 Å². The van der Waals surface area contributed by atoms with Crippen molar-refractivity contribution in [2.45, 2.75) is 32.2 Å². The van der Waals surface area contributed by atoms with Crippen molar-refractivity contribution in [3.05, 3.63) is 28.5 Å². The fourth-order valence-corrected chi connectivity index (χ4v) is 3.26. The van der Waals surface area contributed by atoms with Crippen LogP contribution in [0.25, 0.3) is 0 Å². The summed E-state index contributed by atoms with van der Waals surface area (Å²) in [5.41, 5.74) is 1.05. The van der Waals surface area contributed by atoms with Crippen molar-refractivity contribution in [1.29, 1.82) is 0 Å². The van der Waals surface area contributed by atoms with Crippen LogP contribution in [-0.4, -0.2) is 33.8 Å². The number of carbonyl (C=O) groups is 1. The fourth-order valence-electron chi connectivity index (χ4n) is 2.27. The number of carbonyl (C=O) groups excluding carboxylic acids is 1. The Morgan fingerprint density at radius 1 is 1.55 bits per heavy atom. The number of piperidine rings is 1. The lowest BCUT2D eigenvalue weighted by atomic mass is 9.90. The van der Waals surface area contributed by atoms with Crippen LogP contribution in [-0.2, 0) is 0 Å². The highest BCUT2D eigenvalue weighted by molar-refractivity contribution is 8.67. The van der Waals surface area contributed by atoms with Crippen molar-refractivity contribution in [3.63, 3.8) is 0 Å². The molecule has 1 saturated heterocycles. The molecule has 1 aromatic rings. The van der Waals surface area contributed by atoms with Crippen LogP contribution in [0.2, 0.25) is 5.02 Å². The van der Waals surface area contributed by atoms with Crippen molar-refractivity contribution in [1.82, 2.24) is 14.6 Å². The zero-order valence-electron chi connectivity index (χ0n) is 11.5. The molecule has 0 aliphatic carbocycles. The summed E-state index contributed by atoms with van der Waals surface area (Å²) in [5, 5.41) is 3.60. The van der Waals surface area contributed by atoms with Crippen LogP contribution in [0.15, 0.2) is 12.3 Å². The molecule has 20 heavy (non-hydrogen) atoms. The Hall–Kier alpha value is -0.430. The molecule has 2 rings (SSSR count). The zero-order valence-corrected chi connectivity index (χ0v) is 14.0. The normalized spacial score (nSPS) is 18.8. The average Bonchev–Trinajstić information content (AvgIpc) is 2.42. The smallest absolute Gasteiger partial charge is 0.253 e. The van der Waals surface area contributed by atoms with Gasteiger partial charge in [-0.25, -0.2) is 4.31 Å². The first-order valence-electron chi connectivity index (χ1n) is 6.45. The number of hydrogen-bond acceptors (Lipinski definition) is 5. The van der Waals surface area contributed by atoms with Crippen LogP contribution in [0.1, 0.15) is 35.8 Å². The average molecular weight is 332 g/mol. The first-order valence-corrected chi connectivity index (χ1v) is 8.65. The van der Waals surface area contributed by atoms with E-state index in [1.807, 2.05) is 6.92 Å². The van der Waals surface area contributed by atoms with E-state index in [1.54, 1.807) is 12.3 Å². The monoisotopic (exact) mass is 331 g/mol. The van der Waals surface area contributed by atoms with E-state index in [4.69, 9.17) is 11.6 Å². The highest BCUT2D eigenvalue weighted by atomic mass is 35.5. The van der Waals surface area contributed by atoms with Gasteiger partial charge < -0.3 is 5.32 Å². The summed E-state index contributed by atoms with van der Waals surface area (Å²) in [6, 6.07) is 1.67. The molecule has 2 heterocycles. The quantitative estimate of drug-likeness (QED) is 0.507. The van der Waals surface area contributed by atoms with Gasteiger partial charge in [-0.2, -0.15) is 0 Å². The molecule has 0 unspecified atom stereocenters. The first-order chi connectivity index (χ1) is 9.43. The number of thiol groups is 1. The molecule has 0 radical (unpaired) electrons. The second-order valence-corrected chi connectivity index (χ2v) is 6.92. The number of aromatic nitrogens is 1. The molecular weight excluding hydrogens is 314 g/mol. The molecule has 0 saturated carbocycles. The van der Waals surface area contributed by atoms with Gasteiger partial charge in [-0.15, -0.1) is 0 Å². The molecule has 110 valence electrons. The number of amides is 1. The standard InChI is InChI=1S/C13H18ClN3OS2/c1-9-11(7-10(14)8-15-9)12(18)16-13(2)3-5-17(20-19)6-4-13/h7-8,19H,3-6H2,1-2H3,(H,16,18). The SMILES string of the molecule is Cc1ncc(Cl)cc1C(=O)NC1(C)CCN(SS)CC1. The van der Waals surface area contributed by atoms with Crippen molar-refractivity contribution in [2.75, 3.05) is 13.1 Å². The first kappa shape index (κ1) is 15.9. The minimum Gasteiger partial charge on any atom is -0.347 e. The Morgan fingerprint density at radius 3 is 2.80 bits per heavy atom. The maximum atomic E-state index is 12.4. The van der Waals surface area contributed by atoms with Crippen LogP contribution >= 0.6 is 34.2 Å². The van der Waals surface area contributed by atoms with Crippen molar-refractivity contribution >= 4 is 40.1 Å². The van der Waals surface area contributed by atoms with Gasteiger partial charge >= 0.3 is 0 Å². The Kier molecular flexibility index (Phi) is 5.23. The van der Waals surface area contributed by atoms with E-state index >= 15 is 0 Å². The Balaban J connectivity index is 2.06. The number of rotatable bonds is 3. The van der Waals surface area contributed by atoms with E-state index in [-0.39, 0.29) is 11.4 Å². The summed E-state index contributed by atoms with van der Waals surface area (Å²) in [6.45, 7) is 5.72. The Morgan fingerprint density at radius 2 is 2.20 bits per heavy atom. The topological polar surface area (TPSA) is 45.2 Å². The zero-order chi connectivity index (χ0) is 14.8. The molecule has 7 heteroatoms. The third-order valence-corrected chi connectivity index (χ3v) is 5.15. The predicted molar refractivity (Wildman–Crippen MR) is 87.2 cm³/mol. The Labute approximate surface area is 133 Å². The lowest BCUT2D eigenvalue weighted by molar-refractivity contribution is 0.0873. The molecule has 1 aliphatic rings. The van der Waals surface area contributed by atoms with Crippen LogP contribution in [0, 0.1) is 6.92 Å². The van der Waals surface area contributed by atoms with Crippen molar-refractivity contribution < 1.29 is 4.79 Å². The largest absolute Gasteiger partial charge is 0.347 e. The molecular formula is C13H18ClN3OS2. The lowest BCUT2D eigenvalue weighted by Gasteiger charge is -2.38. The minimum absolute atomic E-state index is 0.105. The van der Waals surface area contributed by atoms with Crippen molar-refractivity contribution in [2.24, 2.45) is 0 Å². The molecule has 0 atom stereocenters. The Bertz CT molecular complexity index is 504. The molecule has 1 amide bonds. The second-order valence-electron chi connectivity index (χ2n) is 5.31. The number of pyridine rings is 1. The summed E-state index contributed by atoms with van der Waals surface area (Å²) in [5.74, 6) is -0.105. The van der Waals surface area contributed by atoms with E-state index < -0.39 is 0 Å². The third-order valence-electron chi connectivity index (χ3n) is 3.65. The van der Waals surface area contributed by atoms with Crippen LogP contribution < -0.4 is 5.32 Å². The lowest BCUT2D eigenvalue weighted by Crippen LogP contribution is -2.52. The highest BCUT2D eigenvalue weighted by Gasteiger charge is 2.32. The van der Waals surface area contributed by atoms with Gasteiger partial charge in [0, 0.05) is 24.8 Å². The summed E-state index contributed by atoms with van der Waals surface area (Å²) in [4.78, 5) is 16.5. The van der Waals surface area contributed by atoms with E-state index in [9.17, 15) is 4.79 Å². The van der Waals surface area contributed by atoms with Gasteiger partial charge in [0.25, 0.3) is 5.91 Å². The molecule has 4 nitrogen and oxygen atoms in total. The number of nitrogens with zero attached hydrogens (tertiary/aromatic N) is 2. The molecule has 1 aromatic heterocycles. The van der Waals surface area contributed by atoms with Crippen LogP contribution in [0.5, 0.6) is 0 Å². The highest BCUT2D eigenvalue weighted by Crippen LogP contribution is 2.27. The third kappa shape index (κ3) is 3.81. The minimum atomic E-state index is -0.189. The van der Waals surface area contributed by atoms with Crippen molar-refractivity contribution in [3.8, 4) is 0 Å². The summed E-state index contributed by atoms with van der Waals surface area (Å²) >= 11 is 10.1. The van der Waals surface area contributed by atoms with E-state index in [0.29, 0.717) is 16.3 Å². The maximum absolute atomic E-state index is 12.4. The van der Waals surface area contributed by atoms with E-state index in [0.717, 1.165) is 25.9 Å².